The van der Waals surface area contributed by atoms with E-state index < -0.39 is 11.9 Å². The molecule has 0 atom stereocenters. The molecule has 17 heavy (non-hydrogen) atoms. The fourth-order valence-electron chi connectivity index (χ4n) is 1.04. The summed E-state index contributed by atoms with van der Waals surface area (Å²) in [6.45, 7) is 3.24. The third-order valence-electron chi connectivity index (χ3n) is 1.92. The minimum absolute atomic E-state index is 0.192. The Balaban J connectivity index is 2.41. The van der Waals surface area contributed by atoms with Gasteiger partial charge in [-0.05, 0) is 11.6 Å². The number of rotatable bonds is 5. The first kappa shape index (κ1) is 12.7. The number of benzene rings is 1. The molecular formula is C13H12O4. The van der Waals surface area contributed by atoms with Gasteiger partial charge in [-0.25, -0.2) is 4.79 Å². The van der Waals surface area contributed by atoms with Crippen molar-refractivity contribution in [3.63, 3.8) is 0 Å². The molecule has 0 fully saturated rings. The number of hydrogen-bond donors (Lipinski definition) is 1. The van der Waals surface area contributed by atoms with Crippen LogP contribution >= 0.6 is 0 Å². The molecule has 0 radical (unpaired) electrons. The first-order chi connectivity index (χ1) is 8.09. The maximum atomic E-state index is 11.2. The van der Waals surface area contributed by atoms with Crippen molar-refractivity contribution in [2.45, 2.75) is 6.42 Å². The summed E-state index contributed by atoms with van der Waals surface area (Å²) in [5.41, 5.74) is 0.695. The number of ether oxygens (including phenoxy) is 1. The Bertz CT molecular complexity index is 446. The average Bonchev–Trinajstić information content (AvgIpc) is 2.30. The van der Waals surface area contributed by atoms with Gasteiger partial charge in [-0.2, -0.15) is 0 Å². The molecular weight excluding hydrogens is 220 g/mol. The van der Waals surface area contributed by atoms with Gasteiger partial charge in [0.15, 0.2) is 0 Å². The molecule has 0 aliphatic heterocycles. The highest BCUT2D eigenvalue weighted by molar-refractivity contribution is 5.92. The summed E-state index contributed by atoms with van der Waals surface area (Å²) >= 11 is 0. The monoisotopic (exact) mass is 232 g/mol. The van der Waals surface area contributed by atoms with Gasteiger partial charge in [-0.15, -0.1) is 0 Å². The van der Waals surface area contributed by atoms with E-state index in [9.17, 15) is 9.59 Å². The maximum Gasteiger partial charge on any atom is 0.331 e. The van der Waals surface area contributed by atoms with Crippen LogP contribution in [0.3, 0.4) is 0 Å². The van der Waals surface area contributed by atoms with Crippen molar-refractivity contribution in [3.05, 3.63) is 54.3 Å². The topological polar surface area (TPSA) is 63.6 Å². The number of carbonyl (C=O) groups excluding carboxylic acids is 1. The predicted molar refractivity (Wildman–Crippen MR) is 63.0 cm³/mol. The lowest BCUT2D eigenvalue weighted by atomic mass is 10.2. The zero-order chi connectivity index (χ0) is 12.7. The van der Waals surface area contributed by atoms with Crippen LogP contribution in [0.1, 0.15) is 12.0 Å². The van der Waals surface area contributed by atoms with E-state index in [1.54, 1.807) is 6.08 Å². The van der Waals surface area contributed by atoms with Gasteiger partial charge in [0, 0.05) is 5.57 Å². The van der Waals surface area contributed by atoms with Gasteiger partial charge in [0.2, 0.25) is 0 Å². The molecule has 1 aromatic rings. The second-order valence-electron chi connectivity index (χ2n) is 3.29. The number of carbonyl (C=O) groups is 2. The van der Waals surface area contributed by atoms with Crippen molar-refractivity contribution in [2.75, 3.05) is 0 Å². The summed E-state index contributed by atoms with van der Waals surface area (Å²) in [6, 6.07) is 9.28. The van der Waals surface area contributed by atoms with E-state index in [0.29, 0.717) is 0 Å². The van der Waals surface area contributed by atoms with Crippen molar-refractivity contribution >= 4 is 18.0 Å². The molecule has 1 rings (SSSR count). The first-order valence-electron chi connectivity index (χ1n) is 4.92. The van der Waals surface area contributed by atoms with E-state index >= 15 is 0 Å². The number of carboxylic acid groups (broad SMARTS) is 1. The van der Waals surface area contributed by atoms with Gasteiger partial charge in [0.05, 0.1) is 12.7 Å². The molecule has 0 aromatic heterocycles. The summed E-state index contributed by atoms with van der Waals surface area (Å²) < 4.78 is 4.72. The lowest BCUT2D eigenvalue weighted by Gasteiger charge is -1.98. The van der Waals surface area contributed by atoms with Gasteiger partial charge < -0.3 is 9.84 Å². The minimum Gasteiger partial charge on any atom is -0.478 e. The maximum absolute atomic E-state index is 11.2. The molecule has 0 spiro atoms. The predicted octanol–water partition coefficient (Wildman–Crippen LogP) is 2.23. The Kier molecular flexibility index (Phi) is 4.69. The normalized spacial score (nSPS) is 10.1. The summed E-state index contributed by atoms with van der Waals surface area (Å²) in [6.07, 6.45) is 2.52. The molecule has 0 aliphatic carbocycles. The van der Waals surface area contributed by atoms with E-state index in [2.05, 4.69) is 6.58 Å². The lowest BCUT2D eigenvalue weighted by molar-refractivity contribution is -0.140. The van der Waals surface area contributed by atoms with Gasteiger partial charge in [0.25, 0.3) is 0 Å². The SMILES string of the molecule is C=C(CC(=O)OC=Cc1ccccc1)C(=O)O. The van der Waals surface area contributed by atoms with Crippen molar-refractivity contribution in [1.29, 1.82) is 0 Å². The molecule has 1 N–H and O–H groups in total. The summed E-state index contributed by atoms with van der Waals surface area (Å²) in [5, 5.41) is 8.51. The highest BCUT2D eigenvalue weighted by Gasteiger charge is 2.10. The smallest absolute Gasteiger partial charge is 0.331 e. The van der Waals surface area contributed by atoms with Crippen LogP contribution in [-0.2, 0) is 14.3 Å². The van der Waals surface area contributed by atoms with Crippen LogP contribution in [0, 0.1) is 0 Å². The molecule has 0 amide bonds. The number of hydrogen-bond acceptors (Lipinski definition) is 3. The molecule has 0 unspecified atom stereocenters. The second kappa shape index (κ2) is 6.27. The van der Waals surface area contributed by atoms with E-state index in [1.165, 1.54) is 6.26 Å². The molecule has 0 bridgehead atoms. The molecule has 0 heterocycles. The third kappa shape index (κ3) is 4.79. The van der Waals surface area contributed by atoms with E-state index in [0.717, 1.165) is 5.56 Å². The number of esters is 1. The largest absolute Gasteiger partial charge is 0.478 e. The summed E-state index contributed by atoms with van der Waals surface area (Å²) in [7, 11) is 0. The second-order valence-corrected chi connectivity index (χ2v) is 3.29. The Morgan fingerprint density at radius 1 is 1.29 bits per heavy atom. The quantitative estimate of drug-likeness (QED) is 0.480. The van der Waals surface area contributed by atoms with E-state index in [4.69, 9.17) is 9.84 Å². The van der Waals surface area contributed by atoms with Crippen LogP contribution in [-0.4, -0.2) is 17.0 Å². The van der Waals surface area contributed by atoms with E-state index in [-0.39, 0.29) is 12.0 Å². The van der Waals surface area contributed by atoms with Crippen LogP contribution in [0.15, 0.2) is 48.7 Å². The summed E-state index contributed by atoms with van der Waals surface area (Å²) in [5.74, 6) is -1.85. The first-order valence-corrected chi connectivity index (χ1v) is 4.92. The van der Waals surface area contributed by atoms with Crippen molar-refractivity contribution < 1.29 is 19.4 Å². The standard InChI is InChI=1S/C13H12O4/c1-10(13(15)16)9-12(14)17-8-7-11-5-3-2-4-6-11/h2-8H,1,9H2,(H,15,16). The number of aliphatic carboxylic acids is 1. The molecule has 1 aromatic carbocycles. The molecule has 4 nitrogen and oxygen atoms in total. The van der Waals surface area contributed by atoms with Crippen molar-refractivity contribution in [2.24, 2.45) is 0 Å². The zero-order valence-electron chi connectivity index (χ0n) is 9.13. The minimum atomic E-state index is -1.20. The van der Waals surface area contributed by atoms with E-state index in [1.807, 2.05) is 30.3 Å². The molecule has 0 saturated heterocycles. The van der Waals surface area contributed by atoms with Crippen molar-refractivity contribution in [3.8, 4) is 0 Å². The average molecular weight is 232 g/mol. The van der Waals surface area contributed by atoms with Gasteiger partial charge in [0.1, 0.15) is 0 Å². The van der Waals surface area contributed by atoms with Crippen LogP contribution in [0.4, 0.5) is 0 Å². The number of carboxylic acids is 1. The Labute approximate surface area is 98.8 Å². The fraction of sp³-hybridized carbons (Fsp3) is 0.0769. The summed E-state index contributed by atoms with van der Waals surface area (Å²) in [4.78, 5) is 21.6. The molecule has 0 saturated carbocycles. The Hall–Kier alpha value is -2.36. The zero-order valence-corrected chi connectivity index (χ0v) is 9.13. The van der Waals surface area contributed by atoms with Crippen LogP contribution in [0.2, 0.25) is 0 Å². The molecule has 4 heteroatoms. The van der Waals surface area contributed by atoms with Crippen LogP contribution in [0.25, 0.3) is 6.08 Å². The van der Waals surface area contributed by atoms with Crippen molar-refractivity contribution in [1.82, 2.24) is 0 Å². The molecule has 0 aliphatic rings. The lowest BCUT2D eigenvalue weighted by Crippen LogP contribution is -2.07. The Morgan fingerprint density at radius 2 is 1.94 bits per heavy atom. The van der Waals surface area contributed by atoms with Crippen LogP contribution < -0.4 is 0 Å². The molecule has 88 valence electrons. The Morgan fingerprint density at radius 3 is 2.53 bits per heavy atom. The highest BCUT2D eigenvalue weighted by atomic mass is 16.5. The van der Waals surface area contributed by atoms with Gasteiger partial charge in [-0.3, -0.25) is 4.79 Å². The van der Waals surface area contributed by atoms with Crippen LogP contribution in [0.5, 0.6) is 0 Å². The van der Waals surface area contributed by atoms with Gasteiger partial charge >= 0.3 is 11.9 Å². The fourth-order valence-corrected chi connectivity index (χ4v) is 1.04. The van der Waals surface area contributed by atoms with Gasteiger partial charge in [-0.1, -0.05) is 36.9 Å². The highest BCUT2D eigenvalue weighted by Crippen LogP contribution is 2.03. The third-order valence-corrected chi connectivity index (χ3v) is 1.92.